The lowest BCUT2D eigenvalue weighted by atomic mass is 10.0. The summed E-state index contributed by atoms with van der Waals surface area (Å²) >= 11 is 0. The molecule has 22 heavy (non-hydrogen) atoms. The van der Waals surface area contributed by atoms with Crippen molar-refractivity contribution in [3.63, 3.8) is 0 Å². The highest BCUT2D eigenvalue weighted by molar-refractivity contribution is 5.16. The third kappa shape index (κ3) is 4.04. The van der Waals surface area contributed by atoms with Crippen LogP contribution in [0.2, 0.25) is 0 Å². The van der Waals surface area contributed by atoms with Crippen LogP contribution in [0.3, 0.4) is 0 Å². The van der Waals surface area contributed by atoms with E-state index in [9.17, 15) is 0 Å². The molecule has 122 valence electrons. The van der Waals surface area contributed by atoms with Crippen LogP contribution < -0.4 is 5.32 Å². The summed E-state index contributed by atoms with van der Waals surface area (Å²) in [6, 6.07) is 4.89. The van der Waals surface area contributed by atoms with Crippen molar-refractivity contribution in [3.8, 4) is 0 Å². The summed E-state index contributed by atoms with van der Waals surface area (Å²) in [5, 5.41) is 3.45. The monoisotopic (exact) mass is 303 g/mol. The zero-order valence-electron chi connectivity index (χ0n) is 13.7. The smallest absolute Gasteiger partial charge is 0.0477 e. The summed E-state index contributed by atoms with van der Waals surface area (Å²) in [5.74, 6) is 0. The molecular weight excluding hydrogens is 274 g/mol. The highest BCUT2D eigenvalue weighted by Gasteiger charge is 2.26. The van der Waals surface area contributed by atoms with Crippen molar-refractivity contribution in [2.24, 2.45) is 0 Å². The minimum Gasteiger partial charge on any atom is -0.314 e. The van der Waals surface area contributed by atoms with Gasteiger partial charge in [0.25, 0.3) is 0 Å². The Kier molecular flexibility index (Phi) is 5.78. The van der Waals surface area contributed by atoms with E-state index in [2.05, 4.69) is 44.1 Å². The molecule has 5 nitrogen and oxygen atoms in total. The maximum absolute atomic E-state index is 4.19. The van der Waals surface area contributed by atoms with Crippen LogP contribution in [0.25, 0.3) is 0 Å². The van der Waals surface area contributed by atoms with Crippen LogP contribution in [0, 0.1) is 0 Å². The second kappa shape index (κ2) is 8.02. The fraction of sp³-hybridized carbons (Fsp3) is 0.706. The number of nitrogens with zero attached hydrogens (tertiary/aromatic N) is 4. The third-order valence-electron chi connectivity index (χ3n) is 5.03. The molecule has 2 fully saturated rings. The molecule has 2 aliphatic rings. The highest BCUT2D eigenvalue weighted by atomic mass is 15.3. The molecule has 0 amide bonds. The van der Waals surface area contributed by atoms with Crippen LogP contribution in [-0.2, 0) is 0 Å². The van der Waals surface area contributed by atoms with Crippen LogP contribution in [0.15, 0.2) is 24.5 Å². The Morgan fingerprint density at radius 1 is 1.00 bits per heavy atom. The van der Waals surface area contributed by atoms with E-state index in [1.54, 1.807) is 0 Å². The summed E-state index contributed by atoms with van der Waals surface area (Å²) in [5.41, 5.74) is 1.42. The minimum atomic E-state index is 0.500. The van der Waals surface area contributed by atoms with Crippen LogP contribution in [0.1, 0.15) is 18.5 Å². The van der Waals surface area contributed by atoms with Gasteiger partial charge in [0.1, 0.15) is 0 Å². The van der Waals surface area contributed by atoms with Gasteiger partial charge in [0.2, 0.25) is 0 Å². The Bertz CT molecular complexity index is 424. The Hall–Kier alpha value is -1.01. The highest BCUT2D eigenvalue weighted by Crippen LogP contribution is 2.23. The zero-order valence-corrected chi connectivity index (χ0v) is 13.7. The topological polar surface area (TPSA) is 34.6 Å². The van der Waals surface area contributed by atoms with Crippen molar-refractivity contribution in [3.05, 3.63) is 30.1 Å². The van der Waals surface area contributed by atoms with E-state index in [1.807, 2.05) is 12.4 Å². The zero-order chi connectivity index (χ0) is 15.2. The summed E-state index contributed by atoms with van der Waals surface area (Å²) < 4.78 is 0. The third-order valence-corrected chi connectivity index (χ3v) is 5.03. The summed E-state index contributed by atoms with van der Waals surface area (Å²) in [6.07, 6.45) is 3.87. The molecule has 2 saturated heterocycles. The fourth-order valence-electron chi connectivity index (χ4n) is 3.55. The fourth-order valence-corrected chi connectivity index (χ4v) is 3.55. The maximum Gasteiger partial charge on any atom is 0.0477 e. The molecule has 5 heteroatoms. The molecule has 0 bridgehead atoms. The molecule has 1 N–H and O–H groups in total. The van der Waals surface area contributed by atoms with E-state index >= 15 is 0 Å². The molecular formula is C17H29N5. The second-order valence-corrected chi connectivity index (χ2v) is 6.32. The molecule has 3 heterocycles. The quantitative estimate of drug-likeness (QED) is 0.865. The van der Waals surface area contributed by atoms with Gasteiger partial charge in [-0.3, -0.25) is 14.8 Å². The molecule has 0 aliphatic carbocycles. The van der Waals surface area contributed by atoms with Gasteiger partial charge in [0.05, 0.1) is 0 Å². The molecule has 2 aliphatic heterocycles. The van der Waals surface area contributed by atoms with Crippen LogP contribution in [-0.4, -0.2) is 85.1 Å². The number of rotatable bonds is 5. The van der Waals surface area contributed by atoms with E-state index in [0.29, 0.717) is 6.04 Å². The Labute approximate surface area is 134 Å². The molecule has 0 saturated carbocycles. The van der Waals surface area contributed by atoms with Gasteiger partial charge in [-0.25, -0.2) is 0 Å². The van der Waals surface area contributed by atoms with Crippen molar-refractivity contribution in [1.29, 1.82) is 0 Å². The molecule has 1 unspecified atom stereocenters. The van der Waals surface area contributed by atoms with Crippen LogP contribution >= 0.6 is 0 Å². The first-order valence-electron chi connectivity index (χ1n) is 8.66. The Morgan fingerprint density at radius 3 is 2.32 bits per heavy atom. The van der Waals surface area contributed by atoms with Crippen molar-refractivity contribution in [2.75, 3.05) is 65.4 Å². The number of pyridine rings is 1. The van der Waals surface area contributed by atoms with Gasteiger partial charge in [-0.05, 0) is 24.2 Å². The number of piperazine rings is 2. The molecule has 3 rings (SSSR count). The molecule has 0 aromatic carbocycles. The average Bonchev–Trinajstić information content (AvgIpc) is 2.61. The van der Waals surface area contributed by atoms with Gasteiger partial charge >= 0.3 is 0 Å². The molecule has 1 aromatic rings. The Morgan fingerprint density at radius 2 is 1.68 bits per heavy atom. The number of likely N-dealkylation sites (N-methyl/N-ethyl adjacent to an activating group) is 1. The van der Waals surface area contributed by atoms with Crippen LogP contribution in [0.4, 0.5) is 0 Å². The minimum absolute atomic E-state index is 0.500. The predicted molar refractivity (Wildman–Crippen MR) is 90.0 cm³/mol. The normalized spacial score (nSPS) is 23.5. The lowest BCUT2D eigenvalue weighted by Crippen LogP contribution is -2.51. The summed E-state index contributed by atoms with van der Waals surface area (Å²) in [6.45, 7) is 13.9. The van der Waals surface area contributed by atoms with Crippen molar-refractivity contribution < 1.29 is 0 Å². The van der Waals surface area contributed by atoms with Crippen LogP contribution in [0.5, 0.6) is 0 Å². The maximum atomic E-state index is 4.19. The number of aromatic nitrogens is 1. The summed E-state index contributed by atoms with van der Waals surface area (Å²) in [7, 11) is 0. The Balaban J connectivity index is 1.68. The van der Waals surface area contributed by atoms with Crippen molar-refractivity contribution >= 4 is 0 Å². The first kappa shape index (κ1) is 15.9. The SMILES string of the molecule is CCN1CCN(C(CN2CCNCC2)c2ccncc2)CC1. The number of nitrogens with one attached hydrogen (secondary N) is 1. The van der Waals surface area contributed by atoms with E-state index in [-0.39, 0.29) is 0 Å². The van der Waals surface area contributed by atoms with Crippen molar-refractivity contribution in [1.82, 2.24) is 25.0 Å². The van der Waals surface area contributed by atoms with Gasteiger partial charge in [-0.1, -0.05) is 6.92 Å². The number of hydrogen-bond donors (Lipinski definition) is 1. The van der Waals surface area contributed by atoms with Gasteiger partial charge in [0, 0.05) is 77.3 Å². The van der Waals surface area contributed by atoms with E-state index < -0.39 is 0 Å². The largest absolute Gasteiger partial charge is 0.314 e. The van der Waals surface area contributed by atoms with Gasteiger partial charge in [-0.2, -0.15) is 0 Å². The second-order valence-electron chi connectivity index (χ2n) is 6.32. The van der Waals surface area contributed by atoms with E-state index in [1.165, 1.54) is 38.3 Å². The molecule has 1 atom stereocenters. The molecule has 0 radical (unpaired) electrons. The number of hydrogen-bond acceptors (Lipinski definition) is 5. The first-order valence-corrected chi connectivity index (χ1v) is 8.66. The molecule has 0 spiro atoms. The lowest BCUT2D eigenvalue weighted by molar-refractivity contribution is 0.0737. The lowest BCUT2D eigenvalue weighted by Gasteiger charge is -2.41. The van der Waals surface area contributed by atoms with Gasteiger partial charge in [0.15, 0.2) is 0 Å². The standard InChI is InChI=1S/C17H29N5/c1-2-20-11-13-22(14-12-20)17(16-3-5-18-6-4-16)15-21-9-7-19-8-10-21/h3-6,17,19H,2,7-15H2,1H3. The van der Waals surface area contributed by atoms with Gasteiger partial charge < -0.3 is 10.2 Å². The van der Waals surface area contributed by atoms with Crippen molar-refractivity contribution in [2.45, 2.75) is 13.0 Å². The predicted octanol–water partition coefficient (Wildman–Crippen LogP) is 0.665. The first-order chi connectivity index (χ1) is 10.9. The van der Waals surface area contributed by atoms with E-state index in [4.69, 9.17) is 0 Å². The van der Waals surface area contributed by atoms with E-state index in [0.717, 1.165) is 32.7 Å². The summed E-state index contributed by atoms with van der Waals surface area (Å²) in [4.78, 5) is 12.0. The average molecular weight is 303 g/mol. The van der Waals surface area contributed by atoms with Gasteiger partial charge in [-0.15, -0.1) is 0 Å². The molecule has 1 aromatic heterocycles.